The number of fused-ring (bicyclic) bond motifs is 2. The molecule has 0 unspecified atom stereocenters. The number of imidazole rings is 1. The lowest BCUT2D eigenvalue weighted by molar-refractivity contribution is 0.0651. The maximum Gasteiger partial charge on any atom is 0.261 e. The van der Waals surface area contributed by atoms with E-state index in [2.05, 4.69) is 55.0 Å². The molecule has 40 heavy (non-hydrogen) atoms. The topological polar surface area (TPSA) is 141 Å². The summed E-state index contributed by atoms with van der Waals surface area (Å²) < 4.78 is 0. The largest absolute Gasteiger partial charge is 0.369 e. The Morgan fingerprint density at radius 1 is 1.05 bits per heavy atom. The fourth-order valence-electron chi connectivity index (χ4n) is 5.49. The number of aromatic nitrogens is 5. The maximum absolute atomic E-state index is 13.2. The predicted octanol–water partition coefficient (Wildman–Crippen LogP) is 2.93. The Morgan fingerprint density at radius 2 is 1.88 bits per heavy atom. The van der Waals surface area contributed by atoms with E-state index < -0.39 is 0 Å². The van der Waals surface area contributed by atoms with E-state index in [0.29, 0.717) is 44.8 Å². The summed E-state index contributed by atoms with van der Waals surface area (Å²) in [5.41, 5.74) is 4.89. The predicted molar refractivity (Wildman–Crippen MR) is 152 cm³/mol. The number of H-pyrrole nitrogens is 3. The molecule has 7 rings (SSSR count). The van der Waals surface area contributed by atoms with Crippen LogP contribution in [0, 0.1) is 11.3 Å². The molecule has 5 aromatic rings. The van der Waals surface area contributed by atoms with Gasteiger partial charge in [-0.3, -0.25) is 14.6 Å². The molecule has 0 radical (unpaired) electrons. The first-order valence-electron chi connectivity index (χ1n) is 13.4. The first-order valence-corrected chi connectivity index (χ1v) is 13.4. The summed E-state index contributed by atoms with van der Waals surface area (Å²) >= 11 is 0. The minimum Gasteiger partial charge on any atom is -0.369 e. The van der Waals surface area contributed by atoms with Gasteiger partial charge in [0.1, 0.15) is 17.5 Å². The fraction of sp³-hybridized carbons (Fsp3) is 0.276. The quantitative estimate of drug-likeness (QED) is 0.323. The molecule has 0 bridgehead atoms. The number of aromatic amines is 3. The fourth-order valence-corrected chi connectivity index (χ4v) is 5.49. The summed E-state index contributed by atoms with van der Waals surface area (Å²) in [4.78, 5) is 51.0. The minimum atomic E-state index is -0.335. The number of amides is 1. The first-order chi connectivity index (χ1) is 19.5. The molecule has 0 atom stereocenters. The number of benzene rings is 1. The number of rotatable bonds is 4. The number of pyridine rings is 2. The Bertz CT molecular complexity index is 1880. The van der Waals surface area contributed by atoms with E-state index in [-0.39, 0.29) is 11.5 Å². The monoisotopic (exact) mass is 533 g/mol. The van der Waals surface area contributed by atoms with Gasteiger partial charge in [-0.25, -0.2) is 4.98 Å². The molecule has 2 aliphatic heterocycles. The number of piperazine rings is 1. The number of nitrogens with one attached hydrogen (secondary N) is 3. The Hall–Kier alpha value is -4.95. The van der Waals surface area contributed by atoms with Crippen molar-refractivity contribution in [3.8, 4) is 28.8 Å². The average Bonchev–Trinajstić information content (AvgIpc) is 3.53. The second kappa shape index (κ2) is 9.36. The average molecular weight is 534 g/mol. The number of likely N-dealkylation sites (N-methyl/N-ethyl adjacent to an activating group) is 1. The Kier molecular flexibility index (Phi) is 5.64. The molecule has 0 saturated carbocycles. The number of nitriles is 1. The molecule has 2 aliphatic rings. The van der Waals surface area contributed by atoms with Gasteiger partial charge in [0.25, 0.3) is 11.5 Å². The molecule has 200 valence electrons. The third kappa shape index (κ3) is 3.92. The number of likely N-dealkylation sites (tertiary alicyclic amines) is 1. The van der Waals surface area contributed by atoms with Crippen molar-refractivity contribution >= 4 is 33.5 Å². The molecule has 6 heterocycles. The van der Waals surface area contributed by atoms with Crippen LogP contribution in [0.15, 0.2) is 47.5 Å². The van der Waals surface area contributed by atoms with Crippen molar-refractivity contribution in [2.45, 2.75) is 6.42 Å². The van der Waals surface area contributed by atoms with Crippen LogP contribution < -0.4 is 10.5 Å². The van der Waals surface area contributed by atoms with Gasteiger partial charge in [0.15, 0.2) is 0 Å². The number of anilines is 1. The summed E-state index contributed by atoms with van der Waals surface area (Å²) in [7, 11) is 2.13. The number of hydrogen-bond donors (Lipinski definition) is 3. The third-order valence-electron chi connectivity index (χ3n) is 7.95. The minimum absolute atomic E-state index is 0.0568. The van der Waals surface area contributed by atoms with Crippen LogP contribution in [0.25, 0.3) is 44.7 Å². The van der Waals surface area contributed by atoms with E-state index in [0.717, 1.165) is 62.4 Å². The van der Waals surface area contributed by atoms with E-state index in [1.807, 2.05) is 6.07 Å². The molecule has 0 spiro atoms. The lowest BCUT2D eigenvalue weighted by Crippen LogP contribution is -2.44. The number of carbonyl (C=O) groups excluding carboxylic acids is 1. The van der Waals surface area contributed by atoms with Gasteiger partial charge in [-0.15, -0.1) is 0 Å². The maximum atomic E-state index is 13.2. The Labute approximate surface area is 229 Å². The van der Waals surface area contributed by atoms with E-state index in [1.165, 1.54) is 6.20 Å². The van der Waals surface area contributed by atoms with Gasteiger partial charge >= 0.3 is 0 Å². The van der Waals surface area contributed by atoms with Gasteiger partial charge in [0.2, 0.25) is 0 Å². The molecule has 2 fully saturated rings. The van der Waals surface area contributed by atoms with Gasteiger partial charge in [-0.05, 0) is 43.8 Å². The molecule has 3 N–H and O–H groups in total. The molecule has 11 nitrogen and oxygen atoms in total. The highest BCUT2D eigenvalue weighted by Gasteiger charge is 2.25. The van der Waals surface area contributed by atoms with Crippen LogP contribution in [0.1, 0.15) is 22.3 Å². The van der Waals surface area contributed by atoms with Crippen molar-refractivity contribution in [1.29, 1.82) is 5.26 Å². The summed E-state index contributed by atoms with van der Waals surface area (Å²) in [6, 6.07) is 11.7. The molecule has 1 aromatic carbocycles. The lowest BCUT2D eigenvalue weighted by Gasteiger charge is -2.34. The Morgan fingerprint density at radius 3 is 2.62 bits per heavy atom. The van der Waals surface area contributed by atoms with Crippen LogP contribution in [-0.4, -0.2) is 86.9 Å². The van der Waals surface area contributed by atoms with E-state index in [4.69, 9.17) is 4.98 Å². The van der Waals surface area contributed by atoms with Crippen molar-refractivity contribution in [2.24, 2.45) is 0 Å². The highest BCUT2D eigenvalue weighted by atomic mass is 16.2. The van der Waals surface area contributed by atoms with E-state index in [1.54, 1.807) is 23.2 Å². The zero-order valence-electron chi connectivity index (χ0n) is 22.0. The highest BCUT2D eigenvalue weighted by molar-refractivity contribution is 6.01. The van der Waals surface area contributed by atoms with Gasteiger partial charge in [0.05, 0.1) is 33.5 Å². The number of hydrogen-bond acceptors (Lipinski definition) is 7. The molecule has 0 aliphatic carbocycles. The smallest absolute Gasteiger partial charge is 0.261 e. The summed E-state index contributed by atoms with van der Waals surface area (Å²) in [6.45, 7) is 5.39. The van der Waals surface area contributed by atoms with Crippen LogP contribution in [0.5, 0.6) is 0 Å². The lowest BCUT2D eigenvalue weighted by atomic mass is 10.1. The van der Waals surface area contributed by atoms with Crippen molar-refractivity contribution in [3.05, 3.63) is 64.2 Å². The van der Waals surface area contributed by atoms with Crippen molar-refractivity contribution < 1.29 is 4.79 Å². The number of carbonyl (C=O) groups is 1. The standard InChI is InChI=1S/C29H27N9O2/c1-36-9-11-37(12-10-36)18-3-4-21-22(14-18)34-27(33-21)24-26-20(16-32-28(24)39)19(15-30)25(35-26)23-13-17(5-6-31-23)29(40)38-7-2-8-38/h3-6,13-14,16,35H,2,7-12H2,1H3,(H,32,39)(H,33,34). The Balaban J connectivity index is 1.32. The zero-order valence-corrected chi connectivity index (χ0v) is 22.0. The van der Waals surface area contributed by atoms with Crippen LogP contribution in [0.3, 0.4) is 0 Å². The van der Waals surface area contributed by atoms with Gasteiger partial charge in [0, 0.05) is 68.3 Å². The molecular formula is C29H27N9O2. The summed E-state index contributed by atoms with van der Waals surface area (Å²) in [5.74, 6) is 0.350. The van der Waals surface area contributed by atoms with Crippen molar-refractivity contribution in [3.63, 3.8) is 0 Å². The molecule has 1 amide bonds. The molecular weight excluding hydrogens is 506 g/mol. The molecule has 11 heteroatoms. The van der Waals surface area contributed by atoms with Crippen LogP contribution in [-0.2, 0) is 0 Å². The first kappa shape index (κ1) is 24.1. The van der Waals surface area contributed by atoms with Crippen LogP contribution >= 0.6 is 0 Å². The SMILES string of the molecule is CN1CCN(c2ccc3nc(-c4c(=O)[nH]cc5c(C#N)c(-c6cc(C(=O)N7CCC7)ccn6)[nH]c45)[nH]c3c2)CC1. The summed E-state index contributed by atoms with van der Waals surface area (Å²) in [5, 5.41) is 10.6. The second-order valence-electron chi connectivity index (χ2n) is 10.4. The highest BCUT2D eigenvalue weighted by Crippen LogP contribution is 2.33. The third-order valence-corrected chi connectivity index (χ3v) is 7.95. The molecule has 2 saturated heterocycles. The van der Waals surface area contributed by atoms with Crippen molar-refractivity contribution in [2.75, 3.05) is 51.2 Å². The van der Waals surface area contributed by atoms with Gasteiger partial charge < -0.3 is 29.7 Å². The normalized spacial score (nSPS) is 15.9. The van der Waals surface area contributed by atoms with E-state index in [9.17, 15) is 14.9 Å². The number of nitrogens with zero attached hydrogens (tertiary/aromatic N) is 6. The molecule has 4 aromatic heterocycles. The van der Waals surface area contributed by atoms with E-state index >= 15 is 0 Å². The van der Waals surface area contributed by atoms with Crippen LogP contribution in [0.4, 0.5) is 5.69 Å². The van der Waals surface area contributed by atoms with Crippen molar-refractivity contribution in [1.82, 2.24) is 34.7 Å². The second-order valence-corrected chi connectivity index (χ2v) is 10.4. The summed E-state index contributed by atoms with van der Waals surface area (Å²) in [6.07, 6.45) is 4.10. The van der Waals surface area contributed by atoms with Crippen LogP contribution in [0.2, 0.25) is 0 Å². The van der Waals surface area contributed by atoms with Gasteiger partial charge in [-0.2, -0.15) is 5.26 Å². The zero-order chi connectivity index (χ0) is 27.4. The van der Waals surface area contributed by atoms with Gasteiger partial charge in [-0.1, -0.05) is 0 Å².